The summed E-state index contributed by atoms with van der Waals surface area (Å²) >= 11 is 0. The van der Waals surface area contributed by atoms with Gasteiger partial charge in [0.15, 0.2) is 5.78 Å². The van der Waals surface area contributed by atoms with Crippen molar-refractivity contribution in [2.75, 3.05) is 20.8 Å². The summed E-state index contributed by atoms with van der Waals surface area (Å²) in [5.41, 5.74) is 1.78. The van der Waals surface area contributed by atoms with Crippen LogP contribution in [0, 0.1) is 47.3 Å². The number of rotatable bonds is 7. The highest BCUT2D eigenvalue weighted by Crippen LogP contribution is 2.39. The van der Waals surface area contributed by atoms with Crippen LogP contribution in [0.5, 0.6) is 0 Å². The van der Waals surface area contributed by atoms with Gasteiger partial charge in [-0.2, -0.15) is 0 Å². The number of piperidine rings is 1. The van der Waals surface area contributed by atoms with E-state index in [0.29, 0.717) is 57.8 Å². The largest absolute Gasteiger partial charge is 0.460 e. The quantitative estimate of drug-likeness (QED) is 0.142. The third-order valence-electron chi connectivity index (χ3n) is 15.5. The van der Waals surface area contributed by atoms with Crippen molar-refractivity contribution in [3.63, 3.8) is 0 Å². The first-order chi connectivity index (χ1) is 31.3. The van der Waals surface area contributed by atoms with E-state index in [9.17, 15) is 34.2 Å². The molecule has 1 saturated carbocycles. The minimum atomic E-state index is -2.40. The Morgan fingerprint density at radius 1 is 0.864 bits per heavy atom. The van der Waals surface area contributed by atoms with Crippen LogP contribution in [0.15, 0.2) is 47.6 Å². The van der Waals surface area contributed by atoms with Crippen LogP contribution in [0.25, 0.3) is 0 Å². The van der Waals surface area contributed by atoms with Gasteiger partial charge in [0.25, 0.3) is 11.7 Å². The average Bonchev–Trinajstić information content (AvgIpc) is 3.29. The number of amides is 1. The lowest BCUT2D eigenvalue weighted by molar-refractivity contribution is -0.265. The van der Waals surface area contributed by atoms with Crippen molar-refractivity contribution < 1.29 is 53.1 Å². The van der Waals surface area contributed by atoms with Gasteiger partial charge in [0.2, 0.25) is 5.79 Å². The number of methoxy groups -OCH3 is 2. The number of ether oxygens (including phenoxy) is 4. The molecule has 0 aromatic carbocycles. The molecule has 0 aromatic rings. The lowest BCUT2D eigenvalue weighted by atomic mass is 9.74. The molecule has 2 unspecified atom stereocenters. The fraction of sp³-hybridized carbons (Fsp3) is 0.759. The normalized spacial score (nSPS) is 40.0. The van der Waals surface area contributed by atoms with Crippen molar-refractivity contribution >= 4 is 29.2 Å². The van der Waals surface area contributed by atoms with Crippen molar-refractivity contribution in [3.05, 3.63) is 47.6 Å². The van der Waals surface area contributed by atoms with Crippen LogP contribution in [0.4, 0.5) is 0 Å². The van der Waals surface area contributed by atoms with Gasteiger partial charge in [-0.25, -0.2) is 4.79 Å². The molecule has 2 bridgehead atoms. The number of hydrogen-bond donors (Lipinski definition) is 2. The number of ketones is 3. The molecule has 0 aromatic heterocycles. The Hall–Kier alpha value is -3.29. The Morgan fingerprint density at radius 3 is 2.24 bits per heavy atom. The highest BCUT2D eigenvalue weighted by molar-refractivity contribution is 6.39. The molecule has 2 saturated heterocycles. The van der Waals surface area contributed by atoms with Crippen molar-refractivity contribution in [2.24, 2.45) is 47.3 Å². The standard InChI is InChI=1S/C54H85NO11/c1-12-41-24-23-40(30-46(41)57)29-37(7)48-32-45(56)36(6)28-35(5)43(13-2)50(64-11)49(58)38(8)27-33(3)19-15-14-16-20-34(4)47(63-10)31-42-25-22-39(9)54(62,66-42)51(59)52(60)55-26-18-17-21-44(55)53(61)65-48/h14-16,19-20,28,33,36-44,46-48,50,57,62H,12-13,17-18,21-27,29-32H2,1-11H3/b16-14+,19-15+,34-20+,35-28+/t33-,36-,37-,38-,39-,40?,41-,42?,43-,44+,46-,47+,48+,50-,54-/m1/s1. The Morgan fingerprint density at radius 2 is 1.59 bits per heavy atom. The van der Waals surface area contributed by atoms with Gasteiger partial charge in [0, 0.05) is 57.3 Å². The first-order valence-corrected chi connectivity index (χ1v) is 25.3. The number of allylic oxidation sites excluding steroid dienone is 6. The zero-order valence-corrected chi connectivity index (χ0v) is 42.2. The Balaban J connectivity index is 1.72. The molecule has 66 heavy (non-hydrogen) atoms. The van der Waals surface area contributed by atoms with Gasteiger partial charge < -0.3 is 34.1 Å². The molecule has 3 aliphatic heterocycles. The molecular weight excluding hydrogens is 839 g/mol. The number of aliphatic hydroxyl groups excluding tert-OH is 1. The Bertz CT molecular complexity index is 1770. The van der Waals surface area contributed by atoms with Crippen LogP contribution >= 0.6 is 0 Å². The second-order valence-corrected chi connectivity index (χ2v) is 20.6. The van der Waals surface area contributed by atoms with Crippen molar-refractivity contribution in [2.45, 2.75) is 195 Å². The maximum Gasteiger partial charge on any atom is 0.329 e. The van der Waals surface area contributed by atoms with E-state index in [1.54, 1.807) is 21.1 Å². The summed E-state index contributed by atoms with van der Waals surface area (Å²) in [4.78, 5) is 72.5. The fourth-order valence-electron chi connectivity index (χ4n) is 11.1. The van der Waals surface area contributed by atoms with Gasteiger partial charge >= 0.3 is 5.97 Å². The number of nitrogens with zero attached hydrogens (tertiary/aromatic N) is 1. The number of cyclic esters (lactones) is 1. The van der Waals surface area contributed by atoms with Gasteiger partial charge in [-0.15, -0.1) is 0 Å². The lowest BCUT2D eigenvalue weighted by Crippen LogP contribution is -2.61. The molecule has 3 heterocycles. The Labute approximate surface area is 396 Å². The van der Waals surface area contributed by atoms with Gasteiger partial charge in [0.1, 0.15) is 24.0 Å². The lowest BCUT2D eigenvalue weighted by Gasteiger charge is -2.42. The number of Topliss-reactive ketones (excluding diaryl/α,β-unsaturated/α-hetero) is 3. The smallest absolute Gasteiger partial charge is 0.329 e. The number of hydrogen-bond acceptors (Lipinski definition) is 11. The second-order valence-electron chi connectivity index (χ2n) is 20.6. The summed E-state index contributed by atoms with van der Waals surface area (Å²) < 4.78 is 24.3. The summed E-state index contributed by atoms with van der Waals surface area (Å²) in [7, 11) is 3.16. The van der Waals surface area contributed by atoms with Crippen LogP contribution in [0.1, 0.15) is 152 Å². The Kier molecular flexibility index (Phi) is 21.7. The summed E-state index contributed by atoms with van der Waals surface area (Å²) in [5, 5.41) is 22.9. The van der Waals surface area contributed by atoms with Gasteiger partial charge in [-0.05, 0) is 114 Å². The van der Waals surface area contributed by atoms with E-state index in [1.165, 1.54) is 4.90 Å². The summed E-state index contributed by atoms with van der Waals surface area (Å²) in [6, 6.07) is -1.09. The minimum absolute atomic E-state index is 0.0191. The topological polar surface area (TPSA) is 166 Å². The zero-order valence-electron chi connectivity index (χ0n) is 42.2. The first-order valence-electron chi connectivity index (χ1n) is 25.3. The molecule has 4 rings (SSSR count). The molecule has 3 fully saturated rings. The molecule has 0 radical (unpaired) electrons. The monoisotopic (exact) mass is 924 g/mol. The van der Waals surface area contributed by atoms with Crippen molar-refractivity contribution in [1.29, 1.82) is 0 Å². The van der Waals surface area contributed by atoms with E-state index in [2.05, 4.69) is 19.9 Å². The van der Waals surface area contributed by atoms with Crippen LogP contribution in [0.3, 0.4) is 0 Å². The number of aliphatic hydroxyl groups is 2. The molecule has 12 nitrogen and oxygen atoms in total. The molecule has 1 aliphatic carbocycles. The zero-order chi connectivity index (χ0) is 48.9. The summed E-state index contributed by atoms with van der Waals surface area (Å²) in [6.45, 7) is 17.6. The molecule has 372 valence electrons. The van der Waals surface area contributed by atoms with Crippen LogP contribution in [0.2, 0.25) is 0 Å². The second kappa shape index (κ2) is 25.9. The third kappa shape index (κ3) is 14.4. The van der Waals surface area contributed by atoms with Gasteiger partial charge in [-0.3, -0.25) is 19.2 Å². The number of fused-ring (bicyclic) bond motifs is 3. The van der Waals surface area contributed by atoms with E-state index >= 15 is 0 Å². The third-order valence-corrected chi connectivity index (χ3v) is 15.5. The van der Waals surface area contributed by atoms with E-state index in [1.807, 2.05) is 71.9 Å². The van der Waals surface area contributed by atoms with E-state index in [-0.39, 0.29) is 66.5 Å². The molecule has 4 aliphatic rings. The number of carbonyl (C=O) groups is 5. The highest BCUT2D eigenvalue weighted by Gasteiger charge is 2.53. The SMILES string of the molecule is CC[C@@H]1CCC(C[C@@H](C)[C@@H]2CC(=O)[C@H](C)/C=C(\C)[C@@H](CC)[C@@H](OC)C(=O)[C@H](C)C[C@H](C)/C=C/C=C/C=C(\C)[C@@H](OC)CC3CC[C@@H](C)[C@@](O)(O3)C(=O)C(=O)N3CCCC[C@H]3C(=O)O2)C[C@H]1O. The van der Waals surface area contributed by atoms with Crippen molar-refractivity contribution in [3.8, 4) is 0 Å². The summed E-state index contributed by atoms with van der Waals surface area (Å²) in [6.07, 6.45) is 16.8. The molecule has 0 spiro atoms. The predicted octanol–water partition coefficient (Wildman–Crippen LogP) is 8.86. The molecular formula is C54H85NO11. The predicted molar refractivity (Wildman–Crippen MR) is 256 cm³/mol. The van der Waals surface area contributed by atoms with Crippen LogP contribution in [-0.4, -0.2) is 107 Å². The maximum atomic E-state index is 14.4. The average molecular weight is 924 g/mol. The first kappa shape index (κ1) is 55.3. The molecule has 2 N–H and O–H groups in total. The molecule has 12 heteroatoms. The van der Waals surface area contributed by atoms with E-state index in [4.69, 9.17) is 18.9 Å². The highest BCUT2D eigenvalue weighted by atomic mass is 16.6. The van der Waals surface area contributed by atoms with Crippen molar-refractivity contribution in [1.82, 2.24) is 4.90 Å². The van der Waals surface area contributed by atoms with E-state index in [0.717, 1.165) is 30.4 Å². The fourth-order valence-corrected chi connectivity index (χ4v) is 11.1. The van der Waals surface area contributed by atoms with Gasteiger partial charge in [0.05, 0.1) is 18.3 Å². The maximum absolute atomic E-state index is 14.4. The summed E-state index contributed by atoms with van der Waals surface area (Å²) in [5.74, 6) is -6.82. The number of esters is 1. The van der Waals surface area contributed by atoms with Gasteiger partial charge in [-0.1, -0.05) is 96.9 Å². The van der Waals surface area contributed by atoms with Crippen LogP contribution in [-0.2, 0) is 42.9 Å². The minimum Gasteiger partial charge on any atom is -0.460 e. The van der Waals surface area contributed by atoms with Crippen LogP contribution < -0.4 is 0 Å². The van der Waals surface area contributed by atoms with E-state index < -0.39 is 71.8 Å². The number of carbonyl (C=O) groups excluding carboxylic acids is 5. The molecule has 15 atom stereocenters. The molecule has 1 amide bonds.